The van der Waals surface area contributed by atoms with Gasteiger partial charge in [-0.2, -0.15) is 0 Å². The number of rotatable bonds is 6. The first-order valence-corrected chi connectivity index (χ1v) is 8.00. The Morgan fingerprint density at radius 3 is 2.44 bits per heavy atom. The third-order valence-corrected chi connectivity index (χ3v) is 3.90. The normalized spacial score (nSPS) is 13.0. The summed E-state index contributed by atoms with van der Waals surface area (Å²) in [6.07, 6.45) is 1.55. The van der Waals surface area contributed by atoms with Crippen molar-refractivity contribution in [1.82, 2.24) is 0 Å². The molecule has 1 aromatic heterocycles. The van der Waals surface area contributed by atoms with Crippen molar-refractivity contribution in [3.8, 4) is 11.5 Å². The van der Waals surface area contributed by atoms with Gasteiger partial charge in [0.1, 0.15) is 17.3 Å². The van der Waals surface area contributed by atoms with Crippen LogP contribution in [-0.2, 0) is 4.79 Å². The second-order valence-corrected chi connectivity index (χ2v) is 5.68. The Hall–Kier alpha value is -3.21. The second kappa shape index (κ2) is 7.57. The lowest BCUT2D eigenvalue weighted by molar-refractivity contribution is -0.139. The van der Waals surface area contributed by atoms with E-state index < -0.39 is 17.9 Å². The van der Waals surface area contributed by atoms with Crippen LogP contribution >= 0.6 is 0 Å². The third kappa shape index (κ3) is 4.01. The van der Waals surface area contributed by atoms with Crippen LogP contribution in [-0.4, -0.2) is 11.1 Å². The van der Waals surface area contributed by atoms with Crippen molar-refractivity contribution in [3.63, 3.8) is 0 Å². The van der Waals surface area contributed by atoms with Crippen molar-refractivity contribution >= 4 is 11.7 Å². The molecule has 1 heterocycles. The molecule has 5 nitrogen and oxygen atoms in total. The van der Waals surface area contributed by atoms with Crippen LogP contribution in [0.5, 0.6) is 11.5 Å². The van der Waals surface area contributed by atoms with Crippen molar-refractivity contribution in [3.05, 3.63) is 78.8 Å². The fourth-order valence-electron chi connectivity index (χ4n) is 2.51. The molecule has 0 unspecified atom stereocenters. The molecule has 0 fully saturated rings. The molecule has 0 aliphatic rings. The van der Waals surface area contributed by atoms with Gasteiger partial charge in [0, 0.05) is 0 Å². The third-order valence-electron chi connectivity index (χ3n) is 3.90. The van der Waals surface area contributed by atoms with Crippen LogP contribution in [0.3, 0.4) is 0 Å². The van der Waals surface area contributed by atoms with E-state index >= 15 is 0 Å². The van der Waals surface area contributed by atoms with E-state index in [-0.39, 0.29) is 5.75 Å². The number of anilines is 1. The molecule has 3 rings (SSSR count). The van der Waals surface area contributed by atoms with E-state index in [0.717, 1.165) is 0 Å². The van der Waals surface area contributed by atoms with Gasteiger partial charge < -0.3 is 19.6 Å². The highest BCUT2D eigenvalue weighted by Crippen LogP contribution is 2.32. The van der Waals surface area contributed by atoms with E-state index in [2.05, 4.69) is 5.32 Å². The van der Waals surface area contributed by atoms with E-state index in [9.17, 15) is 9.90 Å². The molecular weight excluding hydrogens is 318 g/mol. The Labute approximate surface area is 145 Å². The number of para-hydroxylation sites is 3. The number of carbonyl (C=O) groups is 1. The SMILES string of the molecule is C[C@@H](C(=O)Oc1ccccc1)[C@H](Nc1ccccc1O)c1ccco1. The number of benzene rings is 2. The van der Waals surface area contributed by atoms with Crippen molar-refractivity contribution in [2.24, 2.45) is 5.92 Å². The summed E-state index contributed by atoms with van der Waals surface area (Å²) < 4.78 is 10.9. The van der Waals surface area contributed by atoms with Gasteiger partial charge in [-0.3, -0.25) is 4.79 Å². The maximum atomic E-state index is 12.6. The molecule has 3 aromatic rings. The average Bonchev–Trinajstić information content (AvgIpc) is 3.15. The lowest BCUT2D eigenvalue weighted by Crippen LogP contribution is -2.28. The number of esters is 1. The predicted octanol–water partition coefficient (Wildman–Crippen LogP) is 4.38. The molecular formula is C20H19NO4. The number of hydrogen-bond donors (Lipinski definition) is 2. The molecule has 2 atom stereocenters. The number of nitrogens with one attached hydrogen (secondary N) is 1. The van der Waals surface area contributed by atoms with Crippen LogP contribution in [0, 0.1) is 5.92 Å². The first-order chi connectivity index (χ1) is 12.1. The van der Waals surface area contributed by atoms with Crippen LogP contribution in [0.4, 0.5) is 5.69 Å². The topological polar surface area (TPSA) is 71.7 Å². The Balaban J connectivity index is 1.81. The fraction of sp³-hybridized carbons (Fsp3) is 0.150. The summed E-state index contributed by atoms with van der Waals surface area (Å²) in [6, 6.07) is 18.8. The van der Waals surface area contributed by atoms with Crippen LogP contribution in [0.2, 0.25) is 0 Å². The molecule has 5 heteroatoms. The number of furan rings is 1. The number of hydrogen-bond acceptors (Lipinski definition) is 5. The zero-order chi connectivity index (χ0) is 17.6. The number of phenolic OH excluding ortho intramolecular Hbond substituents is 1. The zero-order valence-electron chi connectivity index (χ0n) is 13.8. The van der Waals surface area contributed by atoms with Gasteiger partial charge in [0.05, 0.1) is 23.9 Å². The molecule has 0 saturated carbocycles. The molecule has 0 aliphatic carbocycles. The van der Waals surface area contributed by atoms with Crippen molar-refractivity contribution in [2.45, 2.75) is 13.0 Å². The number of phenols is 1. The summed E-state index contributed by atoms with van der Waals surface area (Å²) in [6.45, 7) is 1.76. The Bertz CT molecular complexity index is 815. The lowest BCUT2D eigenvalue weighted by Gasteiger charge is -2.23. The lowest BCUT2D eigenvalue weighted by atomic mass is 9.99. The molecule has 0 amide bonds. The highest BCUT2D eigenvalue weighted by molar-refractivity contribution is 5.76. The van der Waals surface area contributed by atoms with E-state index in [0.29, 0.717) is 17.2 Å². The van der Waals surface area contributed by atoms with Gasteiger partial charge in [0.25, 0.3) is 0 Å². The minimum absolute atomic E-state index is 0.0997. The summed E-state index contributed by atoms with van der Waals surface area (Å²) in [4.78, 5) is 12.6. The quantitative estimate of drug-likeness (QED) is 0.397. The zero-order valence-corrected chi connectivity index (χ0v) is 13.8. The maximum Gasteiger partial charge on any atom is 0.316 e. The summed E-state index contributed by atoms with van der Waals surface area (Å²) in [5.41, 5.74) is 0.517. The molecule has 0 bridgehead atoms. The Morgan fingerprint density at radius 1 is 1.04 bits per heavy atom. The number of aromatic hydroxyl groups is 1. The summed E-state index contributed by atoms with van der Waals surface area (Å²) in [5, 5.41) is 13.2. The van der Waals surface area contributed by atoms with Crippen LogP contribution in [0.15, 0.2) is 77.4 Å². The van der Waals surface area contributed by atoms with Gasteiger partial charge in [0.15, 0.2) is 0 Å². The first-order valence-electron chi connectivity index (χ1n) is 8.00. The van der Waals surface area contributed by atoms with Gasteiger partial charge in [-0.25, -0.2) is 0 Å². The van der Waals surface area contributed by atoms with E-state index in [4.69, 9.17) is 9.15 Å². The molecule has 0 saturated heterocycles. The van der Waals surface area contributed by atoms with Crippen molar-refractivity contribution in [1.29, 1.82) is 0 Å². The highest BCUT2D eigenvalue weighted by Gasteiger charge is 2.30. The molecule has 25 heavy (non-hydrogen) atoms. The van der Waals surface area contributed by atoms with Gasteiger partial charge in [-0.15, -0.1) is 0 Å². The molecule has 0 spiro atoms. The standard InChI is InChI=1S/C20H19NO4/c1-14(20(23)25-15-8-3-2-4-9-15)19(18-12-7-13-24-18)21-16-10-5-6-11-17(16)22/h2-14,19,21-22H,1H3/t14-,19+/m1/s1. The molecule has 0 radical (unpaired) electrons. The summed E-state index contributed by atoms with van der Waals surface area (Å²) in [5.74, 6) is 0.227. The average molecular weight is 337 g/mol. The fourth-order valence-corrected chi connectivity index (χ4v) is 2.51. The van der Waals surface area contributed by atoms with Crippen molar-refractivity contribution in [2.75, 3.05) is 5.32 Å². The van der Waals surface area contributed by atoms with Crippen LogP contribution in [0.25, 0.3) is 0 Å². The van der Waals surface area contributed by atoms with Crippen LogP contribution in [0.1, 0.15) is 18.7 Å². The van der Waals surface area contributed by atoms with E-state index in [1.165, 1.54) is 0 Å². The Kier molecular flexibility index (Phi) is 5.04. The molecule has 2 aromatic carbocycles. The van der Waals surface area contributed by atoms with Gasteiger partial charge in [0.2, 0.25) is 0 Å². The maximum absolute atomic E-state index is 12.6. The monoisotopic (exact) mass is 337 g/mol. The Morgan fingerprint density at radius 2 is 1.76 bits per heavy atom. The molecule has 2 N–H and O–H groups in total. The van der Waals surface area contributed by atoms with Gasteiger partial charge in [-0.1, -0.05) is 30.3 Å². The van der Waals surface area contributed by atoms with Crippen molar-refractivity contribution < 1.29 is 19.1 Å². The largest absolute Gasteiger partial charge is 0.506 e. The van der Waals surface area contributed by atoms with Crippen LogP contribution < -0.4 is 10.1 Å². The highest BCUT2D eigenvalue weighted by atomic mass is 16.5. The first kappa shape index (κ1) is 16.6. The summed E-state index contributed by atoms with van der Waals surface area (Å²) in [7, 11) is 0. The minimum Gasteiger partial charge on any atom is -0.506 e. The predicted molar refractivity (Wildman–Crippen MR) is 94.4 cm³/mol. The molecule has 128 valence electrons. The van der Waals surface area contributed by atoms with E-state index in [1.807, 2.05) is 6.07 Å². The van der Waals surface area contributed by atoms with E-state index in [1.54, 1.807) is 73.9 Å². The smallest absolute Gasteiger partial charge is 0.316 e. The number of ether oxygens (including phenoxy) is 1. The molecule has 0 aliphatic heterocycles. The minimum atomic E-state index is -0.550. The number of carbonyl (C=O) groups excluding carboxylic acids is 1. The summed E-state index contributed by atoms with van der Waals surface area (Å²) >= 11 is 0. The second-order valence-electron chi connectivity index (χ2n) is 5.68. The van der Waals surface area contributed by atoms with Gasteiger partial charge >= 0.3 is 5.97 Å². The van der Waals surface area contributed by atoms with Gasteiger partial charge in [-0.05, 0) is 43.3 Å².